The molecule has 2 heterocycles. The lowest BCUT2D eigenvalue weighted by Gasteiger charge is -2.42. The second-order valence-corrected chi connectivity index (χ2v) is 6.84. The van der Waals surface area contributed by atoms with Crippen LogP contribution in [-0.4, -0.2) is 52.7 Å². The first kappa shape index (κ1) is 14.3. The summed E-state index contributed by atoms with van der Waals surface area (Å²) < 4.78 is 0. The van der Waals surface area contributed by atoms with E-state index >= 15 is 0 Å². The molecule has 0 bridgehead atoms. The van der Waals surface area contributed by atoms with E-state index in [0.717, 1.165) is 31.3 Å². The molecule has 1 N–H and O–H groups in total. The Labute approximate surface area is 117 Å². The van der Waals surface area contributed by atoms with Crippen LogP contribution in [-0.2, 0) is 0 Å². The minimum atomic E-state index is -0.880. The van der Waals surface area contributed by atoms with Crippen molar-refractivity contribution in [2.45, 2.75) is 33.2 Å². The highest BCUT2D eigenvalue weighted by molar-refractivity contribution is 7.17. The van der Waals surface area contributed by atoms with Gasteiger partial charge in [-0.2, -0.15) is 0 Å². The van der Waals surface area contributed by atoms with Crippen molar-refractivity contribution in [3.8, 4) is 0 Å². The number of anilines is 1. The first-order valence-corrected chi connectivity index (χ1v) is 7.31. The van der Waals surface area contributed by atoms with Crippen LogP contribution in [0.5, 0.6) is 0 Å². The van der Waals surface area contributed by atoms with Crippen LogP contribution in [0.1, 0.15) is 36.1 Å². The number of carboxylic acid groups (broad SMARTS) is 1. The Balaban J connectivity index is 2.06. The van der Waals surface area contributed by atoms with Crippen molar-refractivity contribution in [3.63, 3.8) is 0 Å². The van der Waals surface area contributed by atoms with Crippen molar-refractivity contribution in [1.82, 2.24) is 9.88 Å². The number of aromatic nitrogens is 1. The van der Waals surface area contributed by atoms with Crippen molar-refractivity contribution in [3.05, 3.63) is 10.6 Å². The molecule has 0 radical (unpaired) electrons. The summed E-state index contributed by atoms with van der Waals surface area (Å²) in [4.78, 5) is 20.4. The summed E-state index contributed by atoms with van der Waals surface area (Å²) in [6.45, 7) is 12.2. The maximum Gasteiger partial charge on any atom is 0.347 e. The Hall–Kier alpha value is -1.14. The third-order valence-electron chi connectivity index (χ3n) is 3.48. The van der Waals surface area contributed by atoms with E-state index in [4.69, 9.17) is 5.11 Å². The average Bonchev–Trinajstić information content (AvgIpc) is 2.70. The molecule has 19 heavy (non-hydrogen) atoms. The smallest absolute Gasteiger partial charge is 0.347 e. The number of piperazine rings is 1. The molecule has 0 spiro atoms. The van der Waals surface area contributed by atoms with E-state index in [1.54, 1.807) is 6.92 Å². The first-order chi connectivity index (χ1) is 8.79. The third-order valence-corrected chi connectivity index (χ3v) is 4.68. The van der Waals surface area contributed by atoms with Crippen LogP contribution in [0.25, 0.3) is 0 Å². The fourth-order valence-corrected chi connectivity index (χ4v) is 3.24. The lowest BCUT2D eigenvalue weighted by atomic mass is 10.1. The zero-order chi connectivity index (χ0) is 14.2. The Morgan fingerprint density at radius 2 is 1.84 bits per heavy atom. The van der Waals surface area contributed by atoms with Gasteiger partial charge in [-0.25, -0.2) is 9.78 Å². The summed E-state index contributed by atoms with van der Waals surface area (Å²) in [6.07, 6.45) is 0. The van der Waals surface area contributed by atoms with Crippen LogP contribution in [0, 0.1) is 6.92 Å². The highest BCUT2D eigenvalue weighted by Crippen LogP contribution is 2.27. The molecule has 1 aromatic heterocycles. The van der Waals surface area contributed by atoms with Gasteiger partial charge >= 0.3 is 5.97 Å². The van der Waals surface area contributed by atoms with Crippen LogP contribution in [0.3, 0.4) is 0 Å². The summed E-state index contributed by atoms with van der Waals surface area (Å²) >= 11 is 1.28. The van der Waals surface area contributed by atoms with Gasteiger partial charge in [0.25, 0.3) is 0 Å². The van der Waals surface area contributed by atoms with Gasteiger partial charge in [-0.1, -0.05) is 11.3 Å². The normalized spacial score (nSPS) is 17.8. The summed E-state index contributed by atoms with van der Waals surface area (Å²) in [5, 5.41) is 9.91. The molecule has 5 nitrogen and oxygen atoms in total. The van der Waals surface area contributed by atoms with Crippen LogP contribution in [0.15, 0.2) is 0 Å². The third kappa shape index (κ3) is 3.06. The Morgan fingerprint density at radius 1 is 1.26 bits per heavy atom. The molecule has 0 amide bonds. The lowest BCUT2D eigenvalue weighted by molar-refractivity contribution is 0.0701. The molecule has 0 aromatic carbocycles. The molecule has 0 aliphatic carbocycles. The van der Waals surface area contributed by atoms with E-state index in [1.165, 1.54) is 11.3 Å². The van der Waals surface area contributed by atoms with Gasteiger partial charge in [0.1, 0.15) is 4.88 Å². The number of aromatic carboxylic acids is 1. The highest BCUT2D eigenvalue weighted by atomic mass is 32.1. The van der Waals surface area contributed by atoms with Crippen LogP contribution >= 0.6 is 11.3 Å². The zero-order valence-corrected chi connectivity index (χ0v) is 12.8. The molecular formula is C13H21N3O2S. The molecule has 0 saturated carbocycles. The second-order valence-electron chi connectivity index (χ2n) is 5.86. The van der Waals surface area contributed by atoms with Crippen molar-refractivity contribution < 1.29 is 9.90 Å². The van der Waals surface area contributed by atoms with E-state index in [9.17, 15) is 4.79 Å². The number of carboxylic acids is 1. The Morgan fingerprint density at radius 3 is 2.26 bits per heavy atom. The highest BCUT2D eigenvalue weighted by Gasteiger charge is 2.27. The van der Waals surface area contributed by atoms with E-state index in [2.05, 4.69) is 35.6 Å². The quantitative estimate of drug-likeness (QED) is 0.900. The van der Waals surface area contributed by atoms with E-state index in [1.807, 2.05) is 0 Å². The van der Waals surface area contributed by atoms with E-state index in [0.29, 0.717) is 10.6 Å². The molecule has 106 valence electrons. The fourth-order valence-electron chi connectivity index (χ4n) is 2.28. The molecule has 1 aromatic rings. The molecule has 2 rings (SSSR count). The lowest BCUT2D eigenvalue weighted by Crippen LogP contribution is -2.53. The van der Waals surface area contributed by atoms with Gasteiger partial charge in [0.2, 0.25) is 0 Å². The van der Waals surface area contributed by atoms with Gasteiger partial charge in [0.15, 0.2) is 5.13 Å². The van der Waals surface area contributed by atoms with Crippen molar-refractivity contribution >= 4 is 22.4 Å². The summed E-state index contributed by atoms with van der Waals surface area (Å²) in [5.41, 5.74) is 0.808. The van der Waals surface area contributed by atoms with Crippen molar-refractivity contribution in [1.29, 1.82) is 0 Å². The predicted molar refractivity (Wildman–Crippen MR) is 77.3 cm³/mol. The van der Waals surface area contributed by atoms with Crippen LogP contribution in [0.4, 0.5) is 5.13 Å². The fraction of sp³-hybridized carbons (Fsp3) is 0.692. The van der Waals surface area contributed by atoms with E-state index in [-0.39, 0.29) is 5.54 Å². The number of hydrogen-bond donors (Lipinski definition) is 1. The number of nitrogens with zero attached hydrogens (tertiary/aromatic N) is 3. The number of carbonyl (C=O) groups is 1. The number of hydrogen-bond acceptors (Lipinski definition) is 5. The molecule has 1 fully saturated rings. The molecular weight excluding hydrogens is 262 g/mol. The van der Waals surface area contributed by atoms with Crippen molar-refractivity contribution in [2.24, 2.45) is 0 Å². The topological polar surface area (TPSA) is 56.7 Å². The minimum Gasteiger partial charge on any atom is -0.477 e. The zero-order valence-electron chi connectivity index (χ0n) is 11.9. The average molecular weight is 283 g/mol. The molecule has 0 unspecified atom stereocenters. The predicted octanol–water partition coefficient (Wildman–Crippen LogP) is 2.07. The van der Waals surface area contributed by atoms with Crippen LogP contribution in [0.2, 0.25) is 0 Å². The van der Waals surface area contributed by atoms with E-state index < -0.39 is 5.97 Å². The van der Waals surface area contributed by atoms with Gasteiger partial charge < -0.3 is 10.0 Å². The summed E-state index contributed by atoms with van der Waals surface area (Å²) in [5.74, 6) is -0.880. The van der Waals surface area contributed by atoms with Gasteiger partial charge in [0, 0.05) is 31.7 Å². The van der Waals surface area contributed by atoms with Crippen molar-refractivity contribution in [2.75, 3.05) is 31.1 Å². The number of rotatable bonds is 2. The molecule has 0 atom stereocenters. The molecule has 1 aliphatic rings. The minimum absolute atomic E-state index is 0.192. The largest absolute Gasteiger partial charge is 0.477 e. The van der Waals surface area contributed by atoms with Gasteiger partial charge in [-0.15, -0.1) is 0 Å². The monoisotopic (exact) mass is 283 g/mol. The Kier molecular flexibility index (Phi) is 3.82. The molecule has 1 saturated heterocycles. The maximum absolute atomic E-state index is 11.0. The Bertz CT molecular complexity index is 471. The standard InChI is InChI=1S/C13H21N3O2S/c1-9-10(11(17)18)19-12(14-9)15-5-7-16(8-6-15)13(2,3)4/h5-8H2,1-4H3,(H,17,18). The number of aryl methyl sites for hydroxylation is 1. The van der Waals surface area contributed by atoms with Gasteiger partial charge in [0.05, 0.1) is 5.69 Å². The van der Waals surface area contributed by atoms with Gasteiger partial charge in [-0.3, -0.25) is 4.90 Å². The molecule has 6 heteroatoms. The van der Waals surface area contributed by atoms with Crippen LogP contribution < -0.4 is 4.90 Å². The first-order valence-electron chi connectivity index (χ1n) is 6.50. The second kappa shape index (κ2) is 5.09. The maximum atomic E-state index is 11.0. The summed E-state index contributed by atoms with van der Waals surface area (Å²) in [6, 6.07) is 0. The summed E-state index contributed by atoms with van der Waals surface area (Å²) in [7, 11) is 0. The number of thiazole rings is 1. The SMILES string of the molecule is Cc1nc(N2CCN(C(C)(C)C)CC2)sc1C(=O)O. The van der Waals surface area contributed by atoms with Gasteiger partial charge in [-0.05, 0) is 27.7 Å². The molecule has 1 aliphatic heterocycles.